The molecule has 3 heterocycles. The molecule has 1 unspecified atom stereocenters. The van der Waals surface area contributed by atoms with E-state index in [2.05, 4.69) is 13.0 Å². The molecular formula is C27H31N3O4. The Balaban J connectivity index is 1.30. The highest BCUT2D eigenvalue weighted by Crippen LogP contribution is 2.38. The number of fused-ring (bicyclic) bond motifs is 1. The first-order chi connectivity index (χ1) is 16.5. The number of nitrogens with zero attached hydrogens (tertiary/aromatic N) is 3. The maximum Gasteiger partial charge on any atom is 0.223 e. The van der Waals surface area contributed by atoms with Crippen LogP contribution >= 0.6 is 0 Å². The molecule has 0 aliphatic carbocycles. The van der Waals surface area contributed by atoms with Gasteiger partial charge in [0, 0.05) is 24.7 Å². The molecule has 7 nitrogen and oxygen atoms in total. The molecule has 1 fully saturated rings. The van der Waals surface area contributed by atoms with Crippen molar-refractivity contribution in [2.24, 2.45) is 0 Å². The van der Waals surface area contributed by atoms with Crippen molar-refractivity contribution in [2.45, 2.75) is 45.6 Å². The van der Waals surface area contributed by atoms with Gasteiger partial charge in [-0.05, 0) is 68.5 Å². The quantitative estimate of drug-likeness (QED) is 0.538. The Morgan fingerprint density at radius 3 is 2.76 bits per heavy atom. The van der Waals surface area contributed by atoms with Gasteiger partial charge in [-0.25, -0.2) is 4.68 Å². The van der Waals surface area contributed by atoms with Crippen LogP contribution in [-0.2, 0) is 11.2 Å². The summed E-state index contributed by atoms with van der Waals surface area (Å²) in [7, 11) is 1.66. The fourth-order valence-corrected chi connectivity index (χ4v) is 5.08. The summed E-state index contributed by atoms with van der Waals surface area (Å²) in [5, 5.41) is 4.75. The summed E-state index contributed by atoms with van der Waals surface area (Å²) < 4.78 is 18.7. The molecule has 1 saturated heterocycles. The van der Waals surface area contributed by atoms with Crippen molar-refractivity contribution in [3.8, 4) is 22.9 Å². The molecule has 34 heavy (non-hydrogen) atoms. The Kier molecular flexibility index (Phi) is 6.18. The largest absolute Gasteiger partial charge is 0.497 e. The molecular weight excluding hydrogens is 430 g/mol. The van der Waals surface area contributed by atoms with Gasteiger partial charge in [-0.15, -0.1) is 0 Å². The third-order valence-electron chi connectivity index (χ3n) is 6.85. The van der Waals surface area contributed by atoms with Gasteiger partial charge in [0.05, 0.1) is 24.5 Å². The van der Waals surface area contributed by atoms with E-state index in [4.69, 9.17) is 19.3 Å². The molecule has 3 aromatic rings. The molecule has 178 valence electrons. The second-order valence-electron chi connectivity index (χ2n) is 8.91. The molecule has 1 amide bonds. The Morgan fingerprint density at radius 2 is 1.94 bits per heavy atom. The molecule has 2 aliphatic heterocycles. The minimum Gasteiger partial charge on any atom is -0.497 e. The van der Waals surface area contributed by atoms with Crippen molar-refractivity contribution in [1.82, 2.24) is 14.7 Å². The number of aromatic nitrogens is 2. The molecule has 1 aromatic heterocycles. The van der Waals surface area contributed by atoms with Gasteiger partial charge in [-0.2, -0.15) is 5.10 Å². The number of benzene rings is 2. The van der Waals surface area contributed by atoms with Crippen LogP contribution < -0.4 is 14.2 Å². The lowest BCUT2D eigenvalue weighted by molar-refractivity contribution is -0.132. The van der Waals surface area contributed by atoms with Crippen LogP contribution in [0.4, 0.5) is 0 Å². The minimum absolute atomic E-state index is 0.0880. The molecule has 0 spiro atoms. The van der Waals surface area contributed by atoms with E-state index in [1.807, 2.05) is 52.9 Å². The van der Waals surface area contributed by atoms with Crippen molar-refractivity contribution >= 4 is 5.91 Å². The van der Waals surface area contributed by atoms with Crippen LogP contribution in [0.1, 0.15) is 47.8 Å². The summed E-state index contributed by atoms with van der Waals surface area (Å²) in [4.78, 5) is 15.3. The molecule has 2 aliphatic rings. The van der Waals surface area contributed by atoms with Gasteiger partial charge in [-0.3, -0.25) is 4.79 Å². The van der Waals surface area contributed by atoms with Gasteiger partial charge < -0.3 is 19.1 Å². The smallest absolute Gasteiger partial charge is 0.223 e. The summed E-state index contributed by atoms with van der Waals surface area (Å²) in [5.41, 5.74) is 5.22. The fraction of sp³-hybridized carbons (Fsp3) is 0.407. The Hall–Kier alpha value is -3.48. The van der Waals surface area contributed by atoms with Crippen LogP contribution in [0.2, 0.25) is 0 Å². The number of likely N-dealkylation sites (tertiary alicyclic amines) is 1. The number of hydrogen-bond donors (Lipinski definition) is 0. The van der Waals surface area contributed by atoms with Gasteiger partial charge in [0.25, 0.3) is 0 Å². The molecule has 0 radical (unpaired) electrons. The van der Waals surface area contributed by atoms with Crippen molar-refractivity contribution in [1.29, 1.82) is 0 Å². The lowest BCUT2D eigenvalue weighted by Crippen LogP contribution is -2.30. The van der Waals surface area contributed by atoms with Crippen LogP contribution in [-0.4, -0.2) is 47.5 Å². The summed E-state index contributed by atoms with van der Waals surface area (Å²) in [6.45, 7) is 6.00. The van der Waals surface area contributed by atoms with E-state index in [-0.39, 0.29) is 11.9 Å². The summed E-state index contributed by atoms with van der Waals surface area (Å²) in [6.07, 6.45) is 3.12. The highest BCUT2D eigenvalue weighted by Gasteiger charge is 2.31. The monoisotopic (exact) mass is 461 g/mol. The molecule has 1 atom stereocenters. The molecule has 2 aromatic carbocycles. The summed E-state index contributed by atoms with van der Waals surface area (Å²) >= 11 is 0. The Labute approximate surface area is 200 Å². The van der Waals surface area contributed by atoms with Crippen molar-refractivity contribution in [3.05, 3.63) is 65.0 Å². The average molecular weight is 462 g/mol. The maximum absolute atomic E-state index is 13.3. The van der Waals surface area contributed by atoms with Crippen LogP contribution in [0, 0.1) is 13.8 Å². The Bertz CT molecular complexity index is 1200. The van der Waals surface area contributed by atoms with Crippen LogP contribution in [0.15, 0.2) is 42.5 Å². The first-order valence-electron chi connectivity index (χ1n) is 11.9. The number of ether oxygens (including phenoxy) is 3. The number of aryl methyl sites for hydroxylation is 1. The first-order valence-corrected chi connectivity index (χ1v) is 11.9. The van der Waals surface area contributed by atoms with E-state index in [1.165, 1.54) is 0 Å². The van der Waals surface area contributed by atoms with E-state index >= 15 is 0 Å². The molecule has 0 bridgehead atoms. The van der Waals surface area contributed by atoms with Crippen LogP contribution in [0.25, 0.3) is 5.69 Å². The van der Waals surface area contributed by atoms with Gasteiger partial charge in [0.1, 0.15) is 19.0 Å². The number of hydrogen-bond acceptors (Lipinski definition) is 5. The normalized spacial score (nSPS) is 17.1. The van der Waals surface area contributed by atoms with Crippen molar-refractivity contribution in [2.75, 3.05) is 26.9 Å². The molecule has 5 rings (SSSR count). The number of carbonyl (C=O) groups excluding carboxylic acids is 1. The zero-order chi connectivity index (χ0) is 23.7. The van der Waals surface area contributed by atoms with Crippen molar-refractivity contribution < 1.29 is 19.0 Å². The lowest BCUT2D eigenvalue weighted by atomic mass is 10.0. The topological polar surface area (TPSA) is 65.8 Å². The number of carbonyl (C=O) groups is 1. The van der Waals surface area contributed by atoms with Gasteiger partial charge in [0.2, 0.25) is 5.91 Å². The predicted molar refractivity (Wildman–Crippen MR) is 129 cm³/mol. The highest BCUT2D eigenvalue weighted by molar-refractivity contribution is 5.77. The summed E-state index contributed by atoms with van der Waals surface area (Å²) in [5.74, 6) is 2.54. The van der Waals surface area contributed by atoms with Gasteiger partial charge >= 0.3 is 0 Å². The van der Waals surface area contributed by atoms with Crippen molar-refractivity contribution in [3.63, 3.8) is 0 Å². The second kappa shape index (κ2) is 9.41. The first kappa shape index (κ1) is 22.3. The molecule has 0 N–H and O–H groups in total. The third kappa shape index (κ3) is 4.22. The maximum atomic E-state index is 13.3. The summed E-state index contributed by atoms with van der Waals surface area (Å²) in [6, 6.07) is 14.0. The van der Waals surface area contributed by atoms with Gasteiger partial charge in [-0.1, -0.05) is 12.1 Å². The molecule has 0 saturated carbocycles. The minimum atomic E-state index is 0.0880. The van der Waals surface area contributed by atoms with E-state index < -0.39 is 0 Å². The van der Waals surface area contributed by atoms with E-state index in [1.54, 1.807) is 7.11 Å². The lowest BCUT2D eigenvalue weighted by Gasteiger charge is -2.27. The van der Waals surface area contributed by atoms with Crippen LogP contribution in [0.3, 0.4) is 0 Å². The second-order valence-corrected chi connectivity index (χ2v) is 8.91. The third-order valence-corrected chi connectivity index (χ3v) is 6.85. The Morgan fingerprint density at radius 1 is 1.12 bits per heavy atom. The van der Waals surface area contributed by atoms with Gasteiger partial charge in [0.15, 0.2) is 11.5 Å². The van der Waals surface area contributed by atoms with E-state index in [0.29, 0.717) is 26.1 Å². The zero-order valence-corrected chi connectivity index (χ0v) is 20.0. The highest BCUT2D eigenvalue weighted by atomic mass is 16.6. The average Bonchev–Trinajstić information content (AvgIpc) is 3.47. The van der Waals surface area contributed by atoms with Crippen LogP contribution in [0.5, 0.6) is 17.2 Å². The van der Waals surface area contributed by atoms with E-state index in [9.17, 15) is 4.79 Å². The SMILES string of the molecule is COc1cccc(-n2nc(C)c(CCC(=O)N3CCCC3c3ccc4c(c3)OCCO4)c2C)c1. The van der Waals surface area contributed by atoms with E-state index in [0.717, 1.165) is 64.8 Å². The zero-order valence-electron chi connectivity index (χ0n) is 20.0. The predicted octanol–water partition coefficient (Wildman–Crippen LogP) is 4.57. The molecule has 7 heteroatoms. The number of rotatable bonds is 6. The number of methoxy groups -OCH3 is 1. The standard InChI is InChI=1S/C27H31N3O4/c1-18-23(19(2)30(28-18)21-6-4-7-22(17-21)32-3)10-12-27(31)29-13-5-8-24(29)20-9-11-25-26(16-20)34-15-14-33-25/h4,6-7,9,11,16-17,24H,5,8,10,12-15H2,1-3H3. The fourth-order valence-electron chi connectivity index (χ4n) is 5.08. The number of amides is 1.